The fraction of sp³-hybridized carbons (Fsp3) is 0.417. The van der Waals surface area contributed by atoms with Gasteiger partial charge < -0.3 is 16.4 Å². The number of thiocarbonyl (C=S) groups is 1. The monoisotopic (exact) mass is 378 g/mol. The van der Waals surface area contributed by atoms with Gasteiger partial charge in [-0.2, -0.15) is 11.8 Å². The average molecular weight is 379 g/mol. The van der Waals surface area contributed by atoms with Crippen molar-refractivity contribution in [1.29, 1.82) is 0 Å². The molecule has 0 fully saturated rings. The van der Waals surface area contributed by atoms with Crippen molar-refractivity contribution in [3.63, 3.8) is 0 Å². The van der Waals surface area contributed by atoms with Crippen LogP contribution in [0.5, 0.6) is 0 Å². The Hall–Kier alpha value is -1.59. The van der Waals surface area contributed by atoms with Gasteiger partial charge in [-0.25, -0.2) is 8.42 Å². The van der Waals surface area contributed by atoms with Crippen molar-refractivity contribution >= 4 is 50.9 Å². The fourth-order valence-electron chi connectivity index (χ4n) is 1.67. The van der Waals surface area contributed by atoms with Crippen molar-refractivity contribution in [2.45, 2.75) is 12.5 Å². The van der Waals surface area contributed by atoms with E-state index in [1.165, 1.54) is 30.2 Å². The zero-order chi connectivity index (χ0) is 17.6. The highest BCUT2D eigenvalue weighted by atomic mass is 32.2. The molecule has 0 aliphatic carbocycles. The molecule has 128 valence electrons. The van der Waals surface area contributed by atoms with Crippen LogP contribution in [-0.2, 0) is 14.8 Å². The first-order chi connectivity index (χ1) is 10.6. The SMILES string of the molecule is CSCCC(NC(=O)c1ccn(S(C)(=O)=O)c1)C(=O)NC(N)=S. The maximum Gasteiger partial charge on any atom is 0.253 e. The highest BCUT2D eigenvalue weighted by Gasteiger charge is 2.22. The van der Waals surface area contributed by atoms with E-state index < -0.39 is 27.9 Å². The van der Waals surface area contributed by atoms with Gasteiger partial charge >= 0.3 is 0 Å². The highest BCUT2D eigenvalue weighted by Crippen LogP contribution is 2.07. The summed E-state index contributed by atoms with van der Waals surface area (Å²) in [6.07, 6.45) is 5.72. The summed E-state index contributed by atoms with van der Waals surface area (Å²) in [6.45, 7) is 0. The predicted octanol–water partition coefficient (Wildman–Crippen LogP) is -0.493. The second-order valence-electron chi connectivity index (χ2n) is 4.65. The van der Waals surface area contributed by atoms with Crippen LogP contribution in [0, 0.1) is 0 Å². The van der Waals surface area contributed by atoms with Crippen LogP contribution >= 0.6 is 24.0 Å². The van der Waals surface area contributed by atoms with Gasteiger partial charge in [0.25, 0.3) is 5.91 Å². The minimum absolute atomic E-state index is 0.132. The van der Waals surface area contributed by atoms with Gasteiger partial charge in [0.15, 0.2) is 5.11 Å². The van der Waals surface area contributed by atoms with Crippen molar-refractivity contribution in [2.24, 2.45) is 5.73 Å². The van der Waals surface area contributed by atoms with Gasteiger partial charge in [-0.15, -0.1) is 0 Å². The molecule has 8 nitrogen and oxygen atoms in total. The summed E-state index contributed by atoms with van der Waals surface area (Å²) in [4.78, 5) is 24.2. The van der Waals surface area contributed by atoms with Crippen LogP contribution in [0.2, 0.25) is 0 Å². The van der Waals surface area contributed by atoms with E-state index in [9.17, 15) is 18.0 Å². The Morgan fingerprint density at radius 1 is 1.48 bits per heavy atom. The standard InChI is InChI=1S/C12H18N4O4S3/c1-22-6-4-9(11(18)15-12(13)21)14-10(17)8-3-5-16(7-8)23(2,19)20/h3,5,7,9H,4,6H2,1-2H3,(H,14,17)(H3,13,15,18,21). The molecule has 1 aromatic rings. The average Bonchev–Trinajstić information content (AvgIpc) is 2.92. The maximum atomic E-state index is 12.2. The van der Waals surface area contributed by atoms with Crippen LogP contribution in [0.4, 0.5) is 0 Å². The normalized spacial score (nSPS) is 12.4. The molecule has 1 aromatic heterocycles. The smallest absolute Gasteiger partial charge is 0.253 e. The number of nitrogens with one attached hydrogen (secondary N) is 2. The molecular weight excluding hydrogens is 360 g/mol. The number of hydrogen-bond acceptors (Lipinski definition) is 6. The van der Waals surface area contributed by atoms with Gasteiger partial charge in [-0.05, 0) is 36.7 Å². The quantitative estimate of drug-likeness (QED) is 0.547. The molecule has 11 heteroatoms. The lowest BCUT2D eigenvalue weighted by Gasteiger charge is -2.17. The molecule has 1 rings (SSSR count). The second-order valence-corrected chi connectivity index (χ2v) is 7.97. The summed E-state index contributed by atoms with van der Waals surface area (Å²) in [5.41, 5.74) is 5.40. The molecule has 0 saturated carbocycles. The lowest BCUT2D eigenvalue weighted by Crippen LogP contribution is -2.49. The largest absolute Gasteiger partial charge is 0.376 e. The molecule has 0 bridgehead atoms. The Morgan fingerprint density at radius 2 is 2.13 bits per heavy atom. The first-order valence-electron chi connectivity index (χ1n) is 6.43. The van der Waals surface area contributed by atoms with E-state index in [1.54, 1.807) is 0 Å². The van der Waals surface area contributed by atoms with E-state index >= 15 is 0 Å². The third kappa shape index (κ3) is 6.20. The lowest BCUT2D eigenvalue weighted by molar-refractivity contribution is -0.121. The van der Waals surface area contributed by atoms with E-state index in [0.29, 0.717) is 12.2 Å². The van der Waals surface area contributed by atoms with E-state index in [0.717, 1.165) is 10.2 Å². The van der Waals surface area contributed by atoms with Gasteiger partial charge in [0.05, 0.1) is 11.8 Å². The van der Waals surface area contributed by atoms with Crippen molar-refractivity contribution in [3.05, 3.63) is 24.0 Å². The number of carbonyl (C=O) groups excluding carboxylic acids is 2. The van der Waals surface area contributed by atoms with Gasteiger partial charge in [-0.3, -0.25) is 13.6 Å². The van der Waals surface area contributed by atoms with E-state index in [2.05, 4.69) is 22.9 Å². The minimum Gasteiger partial charge on any atom is -0.376 e. The molecule has 1 unspecified atom stereocenters. The first-order valence-corrected chi connectivity index (χ1v) is 10.1. The zero-order valence-electron chi connectivity index (χ0n) is 12.6. The lowest BCUT2D eigenvalue weighted by atomic mass is 10.2. The van der Waals surface area contributed by atoms with Gasteiger partial charge in [-0.1, -0.05) is 0 Å². The number of amides is 2. The molecule has 0 radical (unpaired) electrons. The zero-order valence-corrected chi connectivity index (χ0v) is 15.1. The first kappa shape index (κ1) is 19.5. The minimum atomic E-state index is -3.47. The molecule has 1 heterocycles. The van der Waals surface area contributed by atoms with Crippen LogP contribution in [0.1, 0.15) is 16.8 Å². The van der Waals surface area contributed by atoms with Crippen molar-refractivity contribution in [2.75, 3.05) is 18.3 Å². The van der Waals surface area contributed by atoms with Crippen molar-refractivity contribution in [1.82, 2.24) is 14.6 Å². The molecule has 0 aliphatic heterocycles. The summed E-state index contributed by atoms with van der Waals surface area (Å²) in [7, 11) is -3.47. The summed E-state index contributed by atoms with van der Waals surface area (Å²) in [5.74, 6) is -0.431. The Morgan fingerprint density at radius 3 is 2.61 bits per heavy atom. The van der Waals surface area contributed by atoms with Gasteiger partial charge in [0.2, 0.25) is 15.9 Å². The van der Waals surface area contributed by atoms with Gasteiger partial charge in [0, 0.05) is 12.4 Å². The van der Waals surface area contributed by atoms with E-state index in [1.807, 2.05) is 6.26 Å². The number of nitrogens with zero attached hydrogens (tertiary/aromatic N) is 1. The number of nitrogens with two attached hydrogens (primary N) is 1. The van der Waals surface area contributed by atoms with Crippen LogP contribution in [0.25, 0.3) is 0 Å². The maximum absolute atomic E-state index is 12.2. The molecule has 2 amide bonds. The molecular formula is C12H18N4O4S3. The molecule has 0 spiro atoms. The predicted molar refractivity (Wildman–Crippen MR) is 93.9 cm³/mol. The molecule has 1 atom stereocenters. The Kier molecular flexibility index (Phi) is 7.03. The topological polar surface area (TPSA) is 123 Å². The molecule has 23 heavy (non-hydrogen) atoms. The van der Waals surface area contributed by atoms with Crippen LogP contribution < -0.4 is 16.4 Å². The fourth-order valence-corrected chi connectivity index (χ4v) is 2.83. The van der Waals surface area contributed by atoms with Crippen LogP contribution in [0.3, 0.4) is 0 Å². The molecule has 0 aromatic carbocycles. The van der Waals surface area contributed by atoms with Crippen LogP contribution in [-0.4, -0.2) is 53.6 Å². The number of rotatable bonds is 7. The number of hydrogen-bond donors (Lipinski definition) is 3. The molecule has 0 saturated heterocycles. The summed E-state index contributed by atoms with van der Waals surface area (Å²) >= 11 is 6.13. The van der Waals surface area contributed by atoms with Crippen molar-refractivity contribution in [3.8, 4) is 0 Å². The summed E-state index contributed by atoms with van der Waals surface area (Å²) < 4.78 is 23.7. The summed E-state index contributed by atoms with van der Waals surface area (Å²) in [5, 5.41) is 4.65. The molecule has 0 aliphatic rings. The Labute approximate surface area is 144 Å². The van der Waals surface area contributed by atoms with Crippen LogP contribution in [0.15, 0.2) is 18.5 Å². The highest BCUT2D eigenvalue weighted by molar-refractivity contribution is 7.98. The second kappa shape index (κ2) is 8.31. The Balaban J connectivity index is 2.85. The van der Waals surface area contributed by atoms with E-state index in [4.69, 9.17) is 5.73 Å². The number of aromatic nitrogens is 1. The third-order valence-corrected chi connectivity index (χ3v) is 4.53. The third-order valence-electron chi connectivity index (χ3n) is 2.79. The number of thioether (sulfide) groups is 1. The van der Waals surface area contributed by atoms with Gasteiger partial charge in [0.1, 0.15) is 6.04 Å². The van der Waals surface area contributed by atoms with E-state index in [-0.39, 0.29) is 10.7 Å². The summed E-state index contributed by atoms with van der Waals surface area (Å²) in [6, 6.07) is 0.533. The van der Waals surface area contributed by atoms with Crippen molar-refractivity contribution < 1.29 is 18.0 Å². The Bertz CT molecular complexity index is 699. The number of carbonyl (C=O) groups is 2. The molecule has 4 N–H and O–H groups in total.